The molecule has 0 atom stereocenters. The molecule has 0 spiro atoms. The summed E-state index contributed by atoms with van der Waals surface area (Å²) < 4.78 is 15.9. The molecule has 0 unspecified atom stereocenters. The van der Waals surface area contributed by atoms with E-state index >= 15 is 0 Å². The topological polar surface area (TPSA) is 41.4 Å². The van der Waals surface area contributed by atoms with Crippen molar-refractivity contribution in [3.63, 3.8) is 0 Å². The van der Waals surface area contributed by atoms with Gasteiger partial charge in [0.1, 0.15) is 11.5 Å². The summed E-state index contributed by atoms with van der Waals surface area (Å²) in [6, 6.07) is 25.6. The monoisotopic (exact) mass is 460 g/mol. The smallest absolute Gasteiger partial charge is 0.272 e. The molecule has 1 aromatic heterocycles. The number of benzene rings is 3. The van der Waals surface area contributed by atoms with E-state index in [4.69, 9.17) is 16.7 Å². The number of carbonyl (C=O) groups excluding carboxylic acids is 1. The van der Waals surface area contributed by atoms with Gasteiger partial charge in [0.15, 0.2) is 0 Å². The minimum Gasteiger partial charge on any atom is -0.366 e. The van der Waals surface area contributed by atoms with Gasteiger partial charge < -0.3 is 9.80 Å². The number of aromatic nitrogens is 2. The van der Waals surface area contributed by atoms with Crippen LogP contribution in [0, 0.1) is 5.82 Å². The number of hydrogen-bond donors (Lipinski definition) is 0. The normalized spacial score (nSPS) is 13.9. The molecule has 33 heavy (non-hydrogen) atoms. The van der Waals surface area contributed by atoms with Crippen LogP contribution in [0.3, 0.4) is 0 Å². The van der Waals surface area contributed by atoms with Crippen molar-refractivity contribution in [3.05, 3.63) is 101 Å². The number of halogens is 2. The van der Waals surface area contributed by atoms with Gasteiger partial charge in [-0.3, -0.25) is 4.79 Å². The molecule has 0 saturated carbocycles. The highest BCUT2D eigenvalue weighted by molar-refractivity contribution is 6.33. The maximum absolute atomic E-state index is 14.2. The molecule has 0 radical (unpaired) electrons. The lowest BCUT2D eigenvalue weighted by molar-refractivity contribution is 0.0737. The van der Waals surface area contributed by atoms with Gasteiger partial charge >= 0.3 is 0 Å². The SMILES string of the molecule is O=C(c1cc(-c2ccccc2Cl)nn1-c1ccccc1)N1CCN(c2ccccc2F)CC1. The van der Waals surface area contributed by atoms with Gasteiger partial charge in [-0.25, -0.2) is 9.07 Å². The Bertz CT molecular complexity index is 1280. The molecule has 5 rings (SSSR count). The van der Waals surface area contributed by atoms with Crippen LogP contribution in [0.15, 0.2) is 84.9 Å². The summed E-state index contributed by atoms with van der Waals surface area (Å²) in [4.78, 5) is 17.3. The molecule has 0 aliphatic carbocycles. The Labute approximate surface area is 196 Å². The van der Waals surface area contributed by atoms with Crippen molar-refractivity contribution in [3.8, 4) is 16.9 Å². The minimum atomic E-state index is -0.246. The van der Waals surface area contributed by atoms with Gasteiger partial charge in [0.05, 0.1) is 22.1 Å². The van der Waals surface area contributed by atoms with Crippen LogP contribution >= 0.6 is 11.6 Å². The fourth-order valence-electron chi connectivity index (χ4n) is 4.12. The highest BCUT2D eigenvalue weighted by atomic mass is 35.5. The van der Waals surface area contributed by atoms with E-state index in [0.717, 1.165) is 11.3 Å². The van der Waals surface area contributed by atoms with Crippen LogP contribution in [0.2, 0.25) is 5.02 Å². The van der Waals surface area contributed by atoms with Gasteiger partial charge in [-0.05, 0) is 36.4 Å². The summed E-state index contributed by atoms with van der Waals surface area (Å²) in [5.74, 6) is -0.360. The third kappa shape index (κ3) is 4.22. The van der Waals surface area contributed by atoms with Crippen molar-refractivity contribution in [2.24, 2.45) is 0 Å². The number of carbonyl (C=O) groups is 1. The van der Waals surface area contributed by atoms with Crippen molar-refractivity contribution in [2.45, 2.75) is 0 Å². The van der Waals surface area contributed by atoms with Crippen molar-refractivity contribution < 1.29 is 9.18 Å². The van der Waals surface area contributed by atoms with Crippen molar-refractivity contribution in [1.82, 2.24) is 14.7 Å². The lowest BCUT2D eigenvalue weighted by atomic mass is 10.1. The average Bonchev–Trinajstić information content (AvgIpc) is 3.30. The van der Waals surface area contributed by atoms with Gasteiger partial charge in [-0.15, -0.1) is 0 Å². The minimum absolute atomic E-state index is 0.113. The van der Waals surface area contributed by atoms with Crippen LogP contribution in [0.1, 0.15) is 10.5 Å². The first-order chi connectivity index (χ1) is 16.1. The maximum atomic E-state index is 14.2. The molecule has 1 fully saturated rings. The molecule has 0 N–H and O–H groups in total. The zero-order valence-corrected chi connectivity index (χ0v) is 18.6. The highest BCUT2D eigenvalue weighted by Gasteiger charge is 2.27. The van der Waals surface area contributed by atoms with Crippen LogP contribution in [-0.4, -0.2) is 46.8 Å². The molecule has 5 nitrogen and oxygen atoms in total. The Kier molecular flexibility index (Phi) is 5.84. The Hall–Kier alpha value is -3.64. The summed E-state index contributed by atoms with van der Waals surface area (Å²) in [6.07, 6.45) is 0. The standard InChI is InChI=1S/C26H22ClFN4O/c27-21-11-5-4-10-20(21)23-18-25(32(29-23)19-8-2-1-3-9-19)26(33)31-16-14-30(15-17-31)24-13-7-6-12-22(24)28/h1-13,18H,14-17H2. The molecule has 166 valence electrons. The average molecular weight is 461 g/mol. The molecule has 1 amide bonds. The fraction of sp³-hybridized carbons (Fsp3) is 0.154. The van der Waals surface area contributed by atoms with E-state index in [1.807, 2.05) is 65.6 Å². The molecule has 7 heteroatoms. The van der Waals surface area contributed by atoms with E-state index in [0.29, 0.717) is 48.3 Å². The predicted molar refractivity (Wildman–Crippen MR) is 129 cm³/mol. The van der Waals surface area contributed by atoms with E-state index in [1.54, 1.807) is 27.8 Å². The lowest BCUT2D eigenvalue weighted by Crippen LogP contribution is -2.49. The van der Waals surface area contributed by atoms with Gasteiger partial charge in [-0.1, -0.05) is 60.1 Å². The van der Waals surface area contributed by atoms with E-state index in [2.05, 4.69) is 0 Å². The zero-order chi connectivity index (χ0) is 22.8. The lowest BCUT2D eigenvalue weighted by Gasteiger charge is -2.36. The van der Waals surface area contributed by atoms with E-state index in [1.165, 1.54) is 6.07 Å². The molecule has 4 aromatic rings. The van der Waals surface area contributed by atoms with Gasteiger partial charge in [0.25, 0.3) is 5.91 Å². The second kappa shape index (κ2) is 9.08. The molecular weight excluding hydrogens is 439 g/mol. The second-order valence-corrected chi connectivity index (χ2v) is 8.28. The summed E-state index contributed by atoms with van der Waals surface area (Å²) in [6.45, 7) is 2.11. The summed E-state index contributed by atoms with van der Waals surface area (Å²) >= 11 is 6.40. The van der Waals surface area contributed by atoms with Crippen LogP contribution in [0.4, 0.5) is 10.1 Å². The molecule has 1 aliphatic rings. The quantitative estimate of drug-likeness (QED) is 0.415. The third-order valence-electron chi connectivity index (χ3n) is 5.84. The molecule has 0 bridgehead atoms. The van der Waals surface area contributed by atoms with Gasteiger partial charge in [-0.2, -0.15) is 5.10 Å². The van der Waals surface area contributed by atoms with Gasteiger partial charge in [0.2, 0.25) is 0 Å². The van der Waals surface area contributed by atoms with E-state index in [9.17, 15) is 9.18 Å². The molecule has 2 heterocycles. The number of piperazine rings is 1. The highest BCUT2D eigenvalue weighted by Crippen LogP contribution is 2.29. The van der Waals surface area contributed by atoms with Crippen molar-refractivity contribution in [1.29, 1.82) is 0 Å². The van der Waals surface area contributed by atoms with Gasteiger partial charge in [0, 0.05) is 31.7 Å². The number of amides is 1. The second-order valence-electron chi connectivity index (χ2n) is 7.87. The predicted octanol–water partition coefficient (Wildman–Crippen LogP) is 5.29. The molecule has 3 aromatic carbocycles. The Morgan fingerprint density at radius 3 is 2.24 bits per heavy atom. The van der Waals surface area contributed by atoms with Crippen LogP contribution in [-0.2, 0) is 0 Å². The Morgan fingerprint density at radius 2 is 1.52 bits per heavy atom. The first kappa shape index (κ1) is 21.2. The number of para-hydroxylation sites is 2. The molecular formula is C26H22ClFN4O. The third-order valence-corrected chi connectivity index (χ3v) is 6.17. The Balaban J connectivity index is 1.44. The first-order valence-electron chi connectivity index (χ1n) is 10.8. The van der Waals surface area contributed by atoms with Crippen molar-refractivity contribution in [2.75, 3.05) is 31.1 Å². The zero-order valence-electron chi connectivity index (χ0n) is 17.9. The number of rotatable bonds is 4. The summed E-state index contributed by atoms with van der Waals surface area (Å²) in [5.41, 5.74) is 3.24. The number of hydrogen-bond acceptors (Lipinski definition) is 3. The fourth-order valence-corrected chi connectivity index (χ4v) is 4.35. The van der Waals surface area contributed by atoms with Crippen molar-refractivity contribution >= 4 is 23.2 Å². The molecule has 1 saturated heterocycles. The maximum Gasteiger partial charge on any atom is 0.272 e. The van der Waals surface area contributed by atoms with Crippen LogP contribution in [0.5, 0.6) is 0 Å². The summed E-state index contributed by atoms with van der Waals surface area (Å²) in [5, 5.41) is 5.30. The van der Waals surface area contributed by atoms with Crippen LogP contribution < -0.4 is 4.90 Å². The largest absolute Gasteiger partial charge is 0.366 e. The first-order valence-corrected chi connectivity index (χ1v) is 11.2. The van der Waals surface area contributed by atoms with E-state index in [-0.39, 0.29) is 11.7 Å². The molecule has 1 aliphatic heterocycles. The van der Waals surface area contributed by atoms with Crippen LogP contribution in [0.25, 0.3) is 16.9 Å². The van der Waals surface area contributed by atoms with E-state index < -0.39 is 0 Å². The Morgan fingerprint density at radius 1 is 0.848 bits per heavy atom. The summed E-state index contributed by atoms with van der Waals surface area (Å²) in [7, 11) is 0. The number of anilines is 1. The number of nitrogens with zero attached hydrogens (tertiary/aromatic N) is 4.